The monoisotopic (exact) mass is 359 g/mol. The van der Waals surface area contributed by atoms with Gasteiger partial charge in [-0.05, 0) is 32.9 Å². The molecule has 0 aliphatic carbocycles. The van der Waals surface area contributed by atoms with Crippen molar-refractivity contribution < 1.29 is 14.3 Å². The summed E-state index contributed by atoms with van der Waals surface area (Å²) < 4.78 is 5.76. The SMILES string of the molecule is Cc1ccc(N2CCN(C(=O)C[C@H]3CN(C(C)C)CCO3)CC2=O)cc1. The highest BCUT2D eigenvalue weighted by molar-refractivity contribution is 5.98. The lowest BCUT2D eigenvalue weighted by Gasteiger charge is -2.37. The normalized spacial score (nSPS) is 22.2. The maximum atomic E-state index is 12.6. The highest BCUT2D eigenvalue weighted by Crippen LogP contribution is 2.19. The van der Waals surface area contributed by atoms with Gasteiger partial charge in [-0.25, -0.2) is 0 Å². The third kappa shape index (κ3) is 4.43. The number of ether oxygens (including phenoxy) is 1. The summed E-state index contributed by atoms with van der Waals surface area (Å²) in [5.74, 6) is -0.0145. The number of amides is 2. The number of carbonyl (C=O) groups excluding carboxylic acids is 2. The molecule has 0 spiro atoms. The summed E-state index contributed by atoms with van der Waals surface area (Å²) in [5.41, 5.74) is 2.06. The first-order chi connectivity index (χ1) is 12.4. The predicted molar refractivity (Wildman–Crippen MR) is 101 cm³/mol. The fraction of sp³-hybridized carbons (Fsp3) is 0.600. The van der Waals surface area contributed by atoms with Gasteiger partial charge in [0.2, 0.25) is 11.8 Å². The Bertz CT molecular complexity index is 644. The molecule has 2 amide bonds. The number of hydrogen-bond donors (Lipinski definition) is 0. The summed E-state index contributed by atoms with van der Waals surface area (Å²) in [6.45, 7) is 9.95. The third-order valence-corrected chi connectivity index (χ3v) is 5.22. The summed E-state index contributed by atoms with van der Waals surface area (Å²) in [4.78, 5) is 30.9. The van der Waals surface area contributed by atoms with Crippen LogP contribution in [0.3, 0.4) is 0 Å². The Kier molecular flexibility index (Phi) is 5.94. The Labute approximate surface area is 155 Å². The van der Waals surface area contributed by atoms with Gasteiger partial charge in [0, 0.05) is 37.9 Å². The van der Waals surface area contributed by atoms with Crippen LogP contribution >= 0.6 is 0 Å². The van der Waals surface area contributed by atoms with Crippen molar-refractivity contribution in [1.82, 2.24) is 9.80 Å². The molecular formula is C20H29N3O3. The molecule has 2 fully saturated rings. The van der Waals surface area contributed by atoms with Crippen molar-refractivity contribution in [1.29, 1.82) is 0 Å². The zero-order valence-corrected chi connectivity index (χ0v) is 16.0. The molecule has 26 heavy (non-hydrogen) atoms. The van der Waals surface area contributed by atoms with Gasteiger partial charge in [-0.1, -0.05) is 17.7 Å². The molecule has 0 N–H and O–H groups in total. The first-order valence-corrected chi connectivity index (χ1v) is 9.44. The molecule has 6 heteroatoms. The Morgan fingerprint density at radius 1 is 1.19 bits per heavy atom. The van der Waals surface area contributed by atoms with E-state index in [9.17, 15) is 9.59 Å². The standard InChI is InChI=1S/C20H29N3O3/c1-15(2)21-10-11-26-18(13-21)12-19(24)22-8-9-23(20(25)14-22)17-6-4-16(3)5-7-17/h4-7,15,18H,8-14H2,1-3H3/t18-/m0/s1. The zero-order valence-electron chi connectivity index (χ0n) is 16.0. The lowest BCUT2D eigenvalue weighted by atomic mass is 10.1. The molecule has 0 radical (unpaired) electrons. The van der Waals surface area contributed by atoms with Crippen molar-refractivity contribution in [3.05, 3.63) is 29.8 Å². The number of morpholine rings is 1. The van der Waals surface area contributed by atoms with Gasteiger partial charge in [-0.3, -0.25) is 14.5 Å². The molecule has 3 rings (SSSR count). The Morgan fingerprint density at radius 3 is 2.58 bits per heavy atom. The molecule has 142 valence electrons. The van der Waals surface area contributed by atoms with E-state index in [-0.39, 0.29) is 24.5 Å². The summed E-state index contributed by atoms with van der Waals surface area (Å²) in [5, 5.41) is 0. The minimum absolute atomic E-state index is 0.0116. The highest BCUT2D eigenvalue weighted by Gasteiger charge is 2.31. The van der Waals surface area contributed by atoms with Gasteiger partial charge in [0.25, 0.3) is 0 Å². The molecule has 0 saturated carbocycles. The Morgan fingerprint density at radius 2 is 1.92 bits per heavy atom. The van der Waals surface area contributed by atoms with Crippen LogP contribution in [0.15, 0.2) is 24.3 Å². The summed E-state index contributed by atoms with van der Waals surface area (Å²) in [6.07, 6.45) is 0.269. The van der Waals surface area contributed by atoms with Crippen LogP contribution < -0.4 is 4.90 Å². The van der Waals surface area contributed by atoms with Gasteiger partial charge in [0.15, 0.2) is 0 Å². The van der Waals surface area contributed by atoms with Crippen LogP contribution in [-0.4, -0.2) is 73.1 Å². The third-order valence-electron chi connectivity index (χ3n) is 5.22. The second kappa shape index (κ2) is 8.18. The van der Waals surface area contributed by atoms with E-state index in [2.05, 4.69) is 18.7 Å². The van der Waals surface area contributed by atoms with Crippen LogP contribution in [0.4, 0.5) is 5.69 Å². The van der Waals surface area contributed by atoms with Gasteiger partial charge >= 0.3 is 0 Å². The maximum Gasteiger partial charge on any atom is 0.246 e. The van der Waals surface area contributed by atoms with E-state index >= 15 is 0 Å². The zero-order chi connectivity index (χ0) is 18.7. The van der Waals surface area contributed by atoms with Gasteiger partial charge in [-0.15, -0.1) is 0 Å². The highest BCUT2D eigenvalue weighted by atomic mass is 16.5. The lowest BCUT2D eigenvalue weighted by Crippen LogP contribution is -2.54. The second-order valence-electron chi connectivity index (χ2n) is 7.48. The maximum absolute atomic E-state index is 12.6. The fourth-order valence-electron chi connectivity index (χ4n) is 3.54. The Hall–Kier alpha value is -1.92. The number of hydrogen-bond acceptors (Lipinski definition) is 4. The van der Waals surface area contributed by atoms with Crippen molar-refractivity contribution in [2.75, 3.05) is 44.2 Å². The predicted octanol–water partition coefficient (Wildman–Crippen LogP) is 1.67. The van der Waals surface area contributed by atoms with Gasteiger partial charge in [0.05, 0.1) is 19.1 Å². The molecule has 2 heterocycles. The fourth-order valence-corrected chi connectivity index (χ4v) is 3.54. The largest absolute Gasteiger partial charge is 0.375 e. The van der Waals surface area contributed by atoms with Crippen molar-refractivity contribution in [3.63, 3.8) is 0 Å². The van der Waals surface area contributed by atoms with E-state index in [1.807, 2.05) is 31.2 Å². The van der Waals surface area contributed by atoms with E-state index in [0.717, 1.165) is 24.3 Å². The van der Waals surface area contributed by atoms with E-state index in [0.29, 0.717) is 32.2 Å². The molecule has 1 atom stereocenters. The topological polar surface area (TPSA) is 53.1 Å². The molecule has 1 aromatic carbocycles. The molecule has 1 aromatic rings. The molecule has 2 saturated heterocycles. The van der Waals surface area contributed by atoms with E-state index < -0.39 is 0 Å². The van der Waals surface area contributed by atoms with E-state index in [1.165, 1.54) is 0 Å². The van der Waals surface area contributed by atoms with Gasteiger partial charge in [-0.2, -0.15) is 0 Å². The van der Waals surface area contributed by atoms with Crippen LogP contribution in [-0.2, 0) is 14.3 Å². The molecule has 0 unspecified atom stereocenters. The van der Waals surface area contributed by atoms with Crippen molar-refractivity contribution >= 4 is 17.5 Å². The number of carbonyl (C=O) groups is 2. The minimum atomic E-state index is -0.0797. The Balaban J connectivity index is 1.54. The molecule has 0 bridgehead atoms. The van der Waals surface area contributed by atoms with Crippen molar-refractivity contribution in [2.24, 2.45) is 0 Å². The van der Waals surface area contributed by atoms with Crippen LogP contribution in [0.5, 0.6) is 0 Å². The first-order valence-electron chi connectivity index (χ1n) is 9.44. The average Bonchev–Trinajstić information content (AvgIpc) is 2.62. The number of piperazine rings is 1. The second-order valence-corrected chi connectivity index (χ2v) is 7.48. The minimum Gasteiger partial charge on any atom is -0.375 e. The van der Waals surface area contributed by atoms with Crippen molar-refractivity contribution in [3.8, 4) is 0 Å². The summed E-state index contributed by atoms with van der Waals surface area (Å²) >= 11 is 0. The van der Waals surface area contributed by atoms with Crippen LogP contribution in [0, 0.1) is 6.92 Å². The van der Waals surface area contributed by atoms with Crippen LogP contribution in [0.1, 0.15) is 25.8 Å². The van der Waals surface area contributed by atoms with Crippen molar-refractivity contribution in [2.45, 2.75) is 39.3 Å². The van der Waals surface area contributed by atoms with Gasteiger partial charge in [0.1, 0.15) is 6.54 Å². The van der Waals surface area contributed by atoms with Crippen LogP contribution in [0.25, 0.3) is 0 Å². The smallest absolute Gasteiger partial charge is 0.246 e. The van der Waals surface area contributed by atoms with Gasteiger partial charge < -0.3 is 14.5 Å². The van der Waals surface area contributed by atoms with E-state index in [1.54, 1.807) is 9.80 Å². The number of aryl methyl sites for hydroxylation is 1. The molecule has 6 nitrogen and oxygen atoms in total. The van der Waals surface area contributed by atoms with E-state index in [4.69, 9.17) is 4.74 Å². The summed E-state index contributed by atoms with van der Waals surface area (Å²) in [6, 6.07) is 8.38. The number of anilines is 1. The summed E-state index contributed by atoms with van der Waals surface area (Å²) in [7, 11) is 0. The molecule has 2 aliphatic rings. The molecule has 0 aromatic heterocycles. The number of benzene rings is 1. The quantitative estimate of drug-likeness (QED) is 0.821. The molecule has 2 aliphatic heterocycles. The average molecular weight is 359 g/mol. The molecular weight excluding hydrogens is 330 g/mol. The lowest BCUT2D eigenvalue weighted by molar-refractivity contribution is -0.141. The van der Waals surface area contributed by atoms with Crippen LogP contribution in [0.2, 0.25) is 0 Å². The number of nitrogens with zero attached hydrogens (tertiary/aromatic N) is 3. The number of rotatable bonds is 4. The first kappa shape index (κ1) is 18.9.